The molecule has 9 heteroatoms. The topological polar surface area (TPSA) is 56.1 Å². The van der Waals surface area contributed by atoms with Gasteiger partial charge in [0.1, 0.15) is 11.5 Å². The second-order valence-corrected chi connectivity index (χ2v) is 7.52. The molecule has 0 unspecified atom stereocenters. The van der Waals surface area contributed by atoms with Crippen LogP contribution in [0.3, 0.4) is 0 Å². The van der Waals surface area contributed by atoms with Gasteiger partial charge in [-0.15, -0.1) is 0 Å². The Hall–Kier alpha value is -3.78. The number of benzene rings is 3. The van der Waals surface area contributed by atoms with Crippen LogP contribution in [0.5, 0.6) is 11.5 Å². The number of hydrogen-bond donors (Lipinski definition) is 1. The molecule has 0 bridgehead atoms. The Bertz CT molecular complexity index is 1310. The first kappa shape index (κ1) is 22.4. The average Bonchev–Trinajstić information content (AvgIpc) is 2.77. The largest absolute Gasteiger partial charge is 0.457 e. The lowest BCUT2D eigenvalue weighted by Crippen LogP contribution is -2.27. The van der Waals surface area contributed by atoms with Crippen molar-refractivity contribution in [3.8, 4) is 11.5 Å². The fourth-order valence-electron chi connectivity index (χ4n) is 3.06. The number of nitrogens with zero attached hydrogens (tertiary/aromatic N) is 2. The first-order valence-electron chi connectivity index (χ1n) is 9.81. The minimum atomic E-state index is -4.77. The van der Waals surface area contributed by atoms with Gasteiger partial charge in [-0.05, 0) is 42.0 Å². The number of para-hydroxylation sites is 1. The summed E-state index contributed by atoms with van der Waals surface area (Å²) in [6, 6.07) is 22.8. The third-order valence-corrected chi connectivity index (χ3v) is 4.87. The van der Waals surface area contributed by atoms with Gasteiger partial charge in [0.2, 0.25) is 5.95 Å². The monoisotopic (exact) mass is 471 g/mol. The van der Waals surface area contributed by atoms with Crippen LogP contribution >= 0.6 is 11.6 Å². The van der Waals surface area contributed by atoms with E-state index in [1.807, 2.05) is 18.2 Å². The molecule has 0 fully saturated rings. The highest BCUT2D eigenvalue weighted by Gasteiger charge is 2.34. The van der Waals surface area contributed by atoms with Gasteiger partial charge in [-0.3, -0.25) is 9.36 Å². The lowest BCUT2D eigenvalue weighted by atomic mass is 10.2. The van der Waals surface area contributed by atoms with E-state index in [0.29, 0.717) is 33.8 Å². The summed E-state index contributed by atoms with van der Waals surface area (Å²) in [5.74, 6) is 0.818. The Kier molecular flexibility index (Phi) is 6.37. The summed E-state index contributed by atoms with van der Waals surface area (Å²) in [7, 11) is 0. The second-order valence-electron chi connectivity index (χ2n) is 7.08. The number of nitrogens with one attached hydrogen (secondary N) is 1. The molecule has 0 aliphatic rings. The molecule has 0 aliphatic heterocycles. The lowest BCUT2D eigenvalue weighted by molar-refractivity contribution is -0.141. The van der Waals surface area contributed by atoms with Crippen molar-refractivity contribution in [1.29, 1.82) is 0 Å². The summed E-state index contributed by atoms with van der Waals surface area (Å²) in [6.07, 6.45) is -4.77. The molecule has 0 saturated heterocycles. The molecule has 3 aromatic carbocycles. The van der Waals surface area contributed by atoms with Gasteiger partial charge in [0, 0.05) is 22.8 Å². The third kappa shape index (κ3) is 5.72. The van der Waals surface area contributed by atoms with Crippen molar-refractivity contribution < 1.29 is 17.9 Å². The fraction of sp³-hybridized carbons (Fsp3) is 0.0833. The molecule has 0 radical (unpaired) electrons. The number of alkyl halides is 3. The Morgan fingerprint density at radius 3 is 2.30 bits per heavy atom. The Morgan fingerprint density at radius 2 is 1.61 bits per heavy atom. The molecule has 0 atom stereocenters. The number of aromatic nitrogens is 2. The van der Waals surface area contributed by atoms with Gasteiger partial charge in [0.15, 0.2) is 5.69 Å². The molecule has 1 aromatic heterocycles. The zero-order valence-electron chi connectivity index (χ0n) is 17.0. The molecule has 0 spiro atoms. The number of hydrogen-bond acceptors (Lipinski definition) is 4. The van der Waals surface area contributed by atoms with E-state index >= 15 is 0 Å². The third-order valence-electron chi connectivity index (χ3n) is 4.62. The number of rotatable bonds is 6. The van der Waals surface area contributed by atoms with E-state index in [1.165, 1.54) is 0 Å². The smallest absolute Gasteiger partial charge is 0.433 e. The molecule has 0 aliphatic carbocycles. The molecular formula is C24H17ClF3N3O2. The maximum absolute atomic E-state index is 13.3. The van der Waals surface area contributed by atoms with Crippen LogP contribution in [0, 0.1) is 0 Å². The SMILES string of the molecule is O=c1cc(C(F)(F)F)nc(Nc2cccc(Oc3ccccc3)c2)n1Cc1ccc(Cl)cc1. The van der Waals surface area contributed by atoms with Crippen molar-refractivity contribution in [2.75, 3.05) is 5.32 Å². The van der Waals surface area contributed by atoms with Crippen molar-refractivity contribution in [2.24, 2.45) is 0 Å². The summed E-state index contributed by atoms with van der Waals surface area (Å²) in [5, 5.41) is 3.33. The van der Waals surface area contributed by atoms with E-state index in [0.717, 1.165) is 4.57 Å². The van der Waals surface area contributed by atoms with Crippen LogP contribution in [-0.4, -0.2) is 9.55 Å². The summed E-state index contributed by atoms with van der Waals surface area (Å²) in [4.78, 5) is 16.3. The normalized spacial score (nSPS) is 11.3. The Labute approximate surface area is 192 Å². The predicted molar refractivity (Wildman–Crippen MR) is 120 cm³/mol. The maximum atomic E-state index is 13.3. The summed E-state index contributed by atoms with van der Waals surface area (Å²) in [5.41, 5.74) is -1.04. The number of anilines is 2. The van der Waals surface area contributed by atoms with Crippen molar-refractivity contribution in [3.63, 3.8) is 0 Å². The first-order valence-corrected chi connectivity index (χ1v) is 10.2. The molecule has 168 valence electrons. The molecule has 1 heterocycles. The van der Waals surface area contributed by atoms with Crippen molar-refractivity contribution >= 4 is 23.2 Å². The molecular weight excluding hydrogens is 455 g/mol. The van der Waals surface area contributed by atoms with Gasteiger partial charge in [-0.25, -0.2) is 4.98 Å². The second kappa shape index (κ2) is 9.38. The van der Waals surface area contributed by atoms with Crippen LogP contribution < -0.4 is 15.6 Å². The van der Waals surface area contributed by atoms with Crippen molar-refractivity contribution in [2.45, 2.75) is 12.7 Å². The number of ether oxygens (including phenoxy) is 1. The molecule has 4 rings (SSSR count). The summed E-state index contributed by atoms with van der Waals surface area (Å²) >= 11 is 5.90. The predicted octanol–water partition coefficient (Wildman–Crippen LogP) is 6.50. The van der Waals surface area contributed by atoms with E-state index in [4.69, 9.17) is 16.3 Å². The van der Waals surface area contributed by atoms with Crippen LogP contribution in [0.15, 0.2) is 89.7 Å². The maximum Gasteiger partial charge on any atom is 0.433 e. The van der Waals surface area contributed by atoms with E-state index < -0.39 is 17.4 Å². The van der Waals surface area contributed by atoms with Gasteiger partial charge in [0.05, 0.1) is 6.54 Å². The minimum absolute atomic E-state index is 0.00365. The summed E-state index contributed by atoms with van der Waals surface area (Å²) < 4.78 is 46.9. The van der Waals surface area contributed by atoms with Crippen LogP contribution in [-0.2, 0) is 12.7 Å². The molecule has 33 heavy (non-hydrogen) atoms. The Morgan fingerprint density at radius 1 is 0.909 bits per heavy atom. The highest BCUT2D eigenvalue weighted by Crippen LogP contribution is 2.29. The minimum Gasteiger partial charge on any atom is -0.457 e. The fourth-order valence-corrected chi connectivity index (χ4v) is 3.19. The highest BCUT2D eigenvalue weighted by atomic mass is 35.5. The van der Waals surface area contributed by atoms with E-state index in [2.05, 4.69) is 10.3 Å². The molecule has 0 amide bonds. The quantitative estimate of drug-likeness (QED) is 0.349. The lowest BCUT2D eigenvalue weighted by Gasteiger charge is -2.16. The number of halogens is 4. The molecule has 5 nitrogen and oxygen atoms in total. The van der Waals surface area contributed by atoms with Crippen molar-refractivity contribution in [3.05, 3.63) is 112 Å². The van der Waals surface area contributed by atoms with E-state index in [1.54, 1.807) is 60.7 Å². The van der Waals surface area contributed by atoms with Crippen LogP contribution in [0.1, 0.15) is 11.3 Å². The van der Waals surface area contributed by atoms with Crippen LogP contribution in [0.2, 0.25) is 5.02 Å². The molecule has 4 aromatic rings. The van der Waals surface area contributed by atoms with Gasteiger partial charge >= 0.3 is 6.18 Å². The van der Waals surface area contributed by atoms with Crippen LogP contribution in [0.25, 0.3) is 0 Å². The van der Waals surface area contributed by atoms with Gasteiger partial charge in [-0.2, -0.15) is 13.2 Å². The highest BCUT2D eigenvalue weighted by molar-refractivity contribution is 6.30. The van der Waals surface area contributed by atoms with E-state index in [9.17, 15) is 18.0 Å². The zero-order valence-corrected chi connectivity index (χ0v) is 17.8. The van der Waals surface area contributed by atoms with Gasteiger partial charge < -0.3 is 10.1 Å². The molecule has 1 N–H and O–H groups in total. The standard InChI is InChI=1S/C24H17ClF3N3O2/c25-17-11-9-16(10-12-17)15-31-22(32)14-21(24(26,27)28)30-23(31)29-18-5-4-8-20(13-18)33-19-6-2-1-3-7-19/h1-14H,15H2,(H,29,30). The van der Waals surface area contributed by atoms with Crippen LogP contribution in [0.4, 0.5) is 24.8 Å². The van der Waals surface area contributed by atoms with Gasteiger partial charge in [-0.1, -0.05) is 48.0 Å². The molecule has 0 saturated carbocycles. The van der Waals surface area contributed by atoms with Gasteiger partial charge in [0.25, 0.3) is 5.56 Å². The van der Waals surface area contributed by atoms with E-state index in [-0.39, 0.29) is 12.5 Å². The zero-order chi connectivity index (χ0) is 23.4. The summed E-state index contributed by atoms with van der Waals surface area (Å²) in [6.45, 7) is 0.00365. The first-order chi connectivity index (χ1) is 15.8. The average molecular weight is 472 g/mol. The Balaban J connectivity index is 1.69. The van der Waals surface area contributed by atoms with Crippen molar-refractivity contribution in [1.82, 2.24) is 9.55 Å².